The second-order valence-corrected chi connectivity index (χ2v) is 6.69. The summed E-state index contributed by atoms with van der Waals surface area (Å²) in [6.45, 7) is 4.18. The van der Waals surface area contributed by atoms with Gasteiger partial charge in [-0.2, -0.15) is 5.26 Å². The van der Waals surface area contributed by atoms with Crippen LogP contribution in [0.3, 0.4) is 0 Å². The molecule has 122 valence electrons. The highest BCUT2D eigenvalue weighted by atomic mass is 16.5. The van der Waals surface area contributed by atoms with Gasteiger partial charge in [0.05, 0.1) is 17.7 Å². The van der Waals surface area contributed by atoms with Gasteiger partial charge in [0.1, 0.15) is 23.5 Å². The van der Waals surface area contributed by atoms with Gasteiger partial charge in [-0.25, -0.2) is 0 Å². The molecule has 0 bridgehead atoms. The van der Waals surface area contributed by atoms with Crippen LogP contribution in [-0.4, -0.2) is 45.4 Å². The molecule has 3 atom stereocenters. The lowest BCUT2D eigenvalue weighted by Gasteiger charge is -2.46. The molecule has 6 nitrogen and oxygen atoms in total. The molecule has 23 heavy (non-hydrogen) atoms. The summed E-state index contributed by atoms with van der Waals surface area (Å²) >= 11 is 0. The van der Waals surface area contributed by atoms with Gasteiger partial charge in [0.2, 0.25) is 0 Å². The van der Waals surface area contributed by atoms with E-state index in [1.807, 2.05) is 4.90 Å². The van der Waals surface area contributed by atoms with Crippen LogP contribution in [0.2, 0.25) is 0 Å². The van der Waals surface area contributed by atoms with E-state index < -0.39 is 29.8 Å². The Balaban J connectivity index is 2.11. The number of hydrogen-bond donors (Lipinski definition) is 2. The number of carbonyl (C=O) groups is 1. The lowest BCUT2D eigenvalue weighted by molar-refractivity contribution is -0.147. The molecule has 1 aromatic carbocycles. The highest BCUT2D eigenvalue weighted by Gasteiger charge is 2.49. The fraction of sp³-hybridized carbons (Fsp3) is 0.529. The summed E-state index contributed by atoms with van der Waals surface area (Å²) in [5.74, 6) is -0.280. The average molecular weight is 316 g/mol. The molecule has 1 aromatic rings. The van der Waals surface area contributed by atoms with Gasteiger partial charge in [-0.3, -0.25) is 9.69 Å². The van der Waals surface area contributed by atoms with Crippen LogP contribution >= 0.6 is 0 Å². The van der Waals surface area contributed by atoms with Crippen LogP contribution in [0.15, 0.2) is 18.2 Å². The number of ether oxygens (including phenoxy) is 1. The zero-order valence-electron chi connectivity index (χ0n) is 13.2. The maximum Gasteiger partial charge on any atom is 0.320 e. The average Bonchev–Trinajstić information content (AvgIpc) is 2.97. The first-order chi connectivity index (χ1) is 10.8. The van der Waals surface area contributed by atoms with Gasteiger partial charge < -0.3 is 14.9 Å². The van der Waals surface area contributed by atoms with E-state index in [2.05, 4.69) is 6.07 Å². The summed E-state index contributed by atoms with van der Waals surface area (Å²) < 4.78 is 5.88. The molecule has 2 aliphatic rings. The molecule has 0 aliphatic carbocycles. The lowest BCUT2D eigenvalue weighted by atomic mass is 9.84. The normalized spacial score (nSPS) is 29.4. The molecular formula is C17H20N2O4. The third kappa shape index (κ3) is 2.56. The maximum absolute atomic E-state index is 11.6. The van der Waals surface area contributed by atoms with E-state index in [0.717, 1.165) is 6.42 Å². The second-order valence-electron chi connectivity index (χ2n) is 6.69. The van der Waals surface area contributed by atoms with E-state index in [4.69, 9.17) is 10.00 Å². The van der Waals surface area contributed by atoms with Crippen molar-refractivity contribution in [1.82, 2.24) is 4.90 Å². The molecule has 0 spiro atoms. The molecule has 0 saturated carbocycles. The number of carboxylic acids is 1. The SMILES string of the molecule is CC1(C)Oc2ccc(C#N)cc2[C@@H](N2CCCC2C(=O)O)[C@@H]1O. The van der Waals surface area contributed by atoms with Crippen LogP contribution in [0.4, 0.5) is 0 Å². The number of nitriles is 1. The van der Waals surface area contributed by atoms with Gasteiger partial charge >= 0.3 is 5.97 Å². The number of benzene rings is 1. The third-order valence-electron chi connectivity index (χ3n) is 4.78. The Morgan fingerprint density at radius 1 is 1.48 bits per heavy atom. The Kier molecular flexibility index (Phi) is 3.78. The number of likely N-dealkylation sites (tertiary alicyclic amines) is 1. The monoisotopic (exact) mass is 316 g/mol. The Labute approximate surface area is 134 Å². The third-order valence-corrected chi connectivity index (χ3v) is 4.78. The summed E-state index contributed by atoms with van der Waals surface area (Å²) in [6, 6.07) is 6.05. The minimum Gasteiger partial charge on any atom is -0.485 e. The predicted octanol–water partition coefficient (Wildman–Crippen LogP) is 1.68. The van der Waals surface area contributed by atoms with E-state index >= 15 is 0 Å². The highest BCUT2D eigenvalue weighted by Crippen LogP contribution is 2.45. The fourth-order valence-corrected chi connectivity index (χ4v) is 3.58. The number of aliphatic carboxylic acids is 1. The first-order valence-electron chi connectivity index (χ1n) is 7.75. The second kappa shape index (κ2) is 5.52. The van der Waals surface area contributed by atoms with Crippen molar-refractivity contribution in [2.24, 2.45) is 0 Å². The van der Waals surface area contributed by atoms with Crippen molar-refractivity contribution in [2.75, 3.05) is 6.54 Å². The molecule has 1 unspecified atom stereocenters. The van der Waals surface area contributed by atoms with E-state index in [0.29, 0.717) is 29.8 Å². The smallest absolute Gasteiger partial charge is 0.320 e. The van der Waals surface area contributed by atoms with Gasteiger partial charge in [-0.15, -0.1) is 0 Å². The number of hydrogen-bond acceptors (Lipinski definition) is 5. The minimum absolute atomic E-state index is 0.468. The van der Waals surface area contributed by atoms with Crippen molar-refractivity contribution >= 4 is 5.97 Å². The van der Waals surface area contributed by atoms with Gasteiger partial charge in [0, 0.05) is 5.56 Å². The van der Waals surface area contributed by atoms with Gasteiger partial charge in [-0.1, -0.05) is 0 Å². The zero-order chi connectivity index (χ0) is 16.8. The number of aliphatic hydroxyl groups is 1. The largest absolute Gasteiger partial charge is 0.485 e. The summed E-state index contributed by atoms with van der Waals surface area (Å²) in [5.41, 5.74) is 0.316. The molecular weight excluding hydrogens is 296 g/mol. The van der Waals surface area contributed by atoms with Crippen molar-refractivity contribution < 1.29 is 19.7 Å². The molecule has 6 heteroatoms. The van der Waals surface area contributed by atoms with E-state index in [9.17, 15) is 15.0 Å². The first kappa shape index (κ1) is 15.8. The summed E-state index contributed by atoms with van der Waals surface area (Å²) in [4.78, 5) is 13.4. The minimum atomic E-state index is -0.885. The van der Waals surface area contributed by atoms with Gasteiger partial charge in [0.25, 0.3) is 0 Å². The van der Waals surface area contributed by atoms with Crippen LogP contribution in [-0.2, 0) is 4.79 Å². The van der Waals surface area contributed by atoms with Crippen LogP contribution < -0.4 is 4.74 Å². The standard InChI is InChI=1S/C17H20N2O4/c1-17(2)15(20)14(19-7-3-4-12(19)16(21)22)11-8-10(9-18)5-6-13(11)23-17/h5-6,8,12,14-15,20H,3-4,7H2,1-2H3,(H,21,22)/t12?,14-,15+/m1/s1. The number of nitrogens with zero attached hydrogens (tertiary/aromatic N) is 2. The molecule has 3 rings (SSSR count). The molecule has 2 N–H and O–H groups in total. The number of carboxylic acid groups (broad SMARTS) is 1. The summed E-state index contributed by atoms with van der Waals surface area (Å²) in [7, 11) is 0. The van der Waals surface area contributed by atoms with Crippen molar-refractivity contribution in [1.29, 1.82) is 5.26 Å². The topological polar surface area (TPSA) is 93.8 Å². The molecule has 2 aliphatic heterocycles. The van der Waals surface area contributed by atoms with E-state index in [1.165, 1.54) is 0 Å². The Morgan fingerprint density at radius 2 is 2.22 bits per heavy atom. The Morgan fingerprint density at radius 3 is 2.87 bits per heavy atom. The number of rotatable bonds is 2. The zero-order valence-corrected chi connectivity index (χ0v) is 13.2. The highest BCUT2D eigenvalue weighted by molar-refractivity contribution is 5.74. The molecule has 0 aromatic heterocycles. The number of fused-ring (bicyclic) bond motifs is 1. The summed E-state index contributed by atoms with van der Waals surface area (Å²) in [6.07, 6.45) is 0.450. The van der Waals surface area contributed by atoms with Crippen molar-refractivity contribution in [2.45, 2.75) is 50.5 Å². The number of aliphatic hydroxyl groups excluding tert-OH is 1. The van der Waals surface area contributed by atoms with Crippen molar-refractivity contribution in [3.05, 3.63) is 29.3 Å². The molecule has 1 fully saturated rings. The van der Waals surface area contributed by atoms with Crippen LogP contribution in [0.25, 0.3) is 0 Å². The van der Waals surface area contributed by atoms with Crippen molar-refractivity contribution in [3.8, 4) is 11.8 Å². The van der Waals surface area contributed by atoms with Crippen LogP contribution in [0, 0.1) is 11.3 Å². The fourth-order valence-electron chi connectivity index (χ4n) is 3.58. The molecule has 2 heterocycles. The van der Waals surface area contributed by atoms with Crippen molar-refractivity contribution in [3.63, 3.8) is 0 Å². The lowest BCUT2D eigenvalue weighted by Crippen LogP contribution is -2.55. The Bertz CT molecular complexity index is 680. The molecule has 0 amide bonds. The van der Waals surface area contributed by atoms with Gasteiger partial charge in [-0.05, 0) is 51.4 Å². The Hall–Kier alpha value is -2.10. The van der Waals surface area contributed by atoms with E-state index in [1.54, 1.807) is 32.0 Å². The van der Waals surface area contributed by atoms with Gasteiger partial charge in [0.15, 0.2) is 0 Å². The maximum atomic E-state index is 11.6. The molecule has 1 saturated heterocycles. The summed E-state index contributed by atoms with van der Waals surface area (Å²) in [5, 5.41) is 29.4. The first-order valence-corrected chi connectivity index (χ1v) is 7.75. The van der Waals surface area contributed by atoms with E-state index in [-0.39, 0.29) is 0 Å². The van der Waals surface area contributed by atoms with Crippen LogP contribution in [0.5, 0.6) is 5.75 Å². The molecule has 0 radical (unpaired) electrons. The van der Waals surface area contributed by atoms with Crippen LogP contribution in [0.1, 0.15) is 43.9 Å². The predicted molar refractivity (Wildman–Crippen MR) is 82.0 cm³/mol. The quantitative estimate of drug-likeness (QED) is 0.862.